The fraction of sp³-hybridized carbons (Fsp3) is 0.0714. The lowest BCUT2D eigenvalue weighted by Crippen LogP contribution is -2.28. The number of carbonyl (C=O) groups is 1. The lowest BCUT2D eigenvalue weighted by molar-refractivity contribution is -0.121. The first-order chi connectivity index (χ1) is 16.2. The van der Waals surface area contributed by atoms with Crippen LogP contribution in [0.25, 0.3) is 21.8 Å². The largest absolute Gasteiger partial charge is 0.457 e. The van der Waals surface area contributed by atoms with Crippen LogP contribution >= 0.6 is 0 Å². The molecule has 0 atom stereocenters. The van der Waals surface area contributed by atoms with Gasteiger partial charge in [-0.25, -0.2) is 0 Å². The average molecular weight is 434 g/mol. The normalized spacial score (nSPS) is 10.9. The summed E-state index contributed by atoms with van der Waals surface area (Å²) < 4.78 is 7.71. The highest BCUT2D eigenvalue weighted by molar-refractivity contribution is 5.94. The fourth-order valence-electron chi connectivity index (χ4n) is 3.95. The molecule has 1 aromatic heterocycles. The summed E-state index contributed by atoms with van der Waals surface area (Å²) >= 11 is 0. The van der Waals surface area contributed by atoms with Gasteiger partial charge in [0, 0.05) is 17.3 Å². The molecule has 0 saturated heterocycles. The van der Waals surface area contributed by atoms with Crippen molar-refractivity contribution >= 4 is 27.7 Å². The van der Waals surface area contributed by atoms with Gasteiger partial charge < -0.3 is 14.6 Å². The maximum Gasteiger partial charge on any atom is 0.240 e. The van der Waals surface area contributed by atoms with Crippen molar-refractivity contribution in [3.8, 4) is 11.5 Å². The van der Waals surface area contributed by atoms with E-state index < -0.39 is 0 Å². The van der Waals surface area contributed by atoms with E-state index in [4.69, 9.17) is 4.74 Å². The third-order valence-electron chi connectivity index (χ3n) is 5.57. The summed E-state index contributed by atoms with van der Waals surface area (Å²) in [6.45, 7) is 0.525. The van der Waals surface area contributed by atoms with Crippen LogP contribution in [0.5, 0.6) is 11.5 Å². The number of rotatable bonds is 6. The number of pyridine rings is 1. The molecule has 0 spiro atoms. The number of carbonyl (C=O) groups excluding carboxylic acids is 1. The van der Waals surface area contributed by atoms with Gasteiger partial charge in [0.05, 0.1) is 11.0 Å². The Kier molecular flexibility index (Phi) is 5.60. The van der Waals surface area contributed by atoms with Gasteiger partial charge in [0.25, 0.3) is 0 Å². The Bertz CT molecular complexity index is 1430. The summed E-state index contributed by atoms with van der Waals surface area (Å²) in [5.74, 6) is 1.39. The molecule has 4 aromatic carbocycles. The number of benzene rings is 4. The predicted octanol–water partition coefficient (Wildman–Crippen LogP) is 5.26. The number of para-hydroxylation sites is 3. The van der Waals surface area contributed by atoms with Crippen LogP contribution in [0.15, 0.2) is 108 Å². The molecule has 5 aromatic rings. The molecular formula is C28H22N2O3. The van der Waals surface area contributed by atoms with E-state index >= 15 is 0 Å². The molecule has 0 aliphatic carbocycles. The van der Waals surface area contributed by atoms with E-state index in [9.17, 15) is 9.59 Å². The standard InChI is InChI=1S/C28H22N2O3/c31-27(29-18-20-14-16-22(17-15-20)33-21-8-2-1-3-9-21)19-30-25-12-6-4-10-23(25)28(32)24-11-5-7-13-26(24)30/h1-17H,18-19H2,(H,29,31). The van der Waals surface area contributed by atoms with Gasteiger partial charge >= 0.3 is 0 Å². The van der Waals surface area contributed by atoms with Crippen molar-refractivity contribution in [1.29, 1.82) is 0 Å². The van der Waals surface area contributed by atoms with Crippen LogP contribution in [0, 0.1) is 0 Å². The van der Waals surface area contributed by atoms with E-state index in [1.165, 1.54) is 0 Å². The van der Waals surface area contributed by atoms with E-state index in [0.29, 0.717) is 17.3 Å². The summed E-state index contributed by atoms with van der Waals surface area (Å²) in [5, 5.41) is 4.20. The SMILES string of the molecule is O=C(Cn1c2ccccc2c(=O)c2ccccc21)NCc1ccc(Oc2ccccc2)cc1. The first-order valence-electron chi connectivity index (χ1n) is 10.8. The first-order valence-corrected chi connectivity index (χ1v) is 10.8. The minimum absolute atomic E-state index is 0.0179. The van der Waals surface area contributed by atoms with Crippen molar-refractivity contribution in [2.24, 2.45) is 0 Å². The summed E-state index contributed by atoms with van der Waals surface area (Å²) in [5.41, 5.74) is 2.45. The highest BCUT2D eigenvalue weighted by Crippen LogP contribution is 2.21. The quantitative estimate of drug-likeness (QED) is 0.371. The molecule has 0 radical (unpaired) electrons. The third-order valence-corrected chi connectivity index (χ3v) is 5.57. The summed E-state index contributed by atoms with van der Waals surface area (Å²) in [7, 11) is 0. The van der Waals surface area contributed by atoms with Crippen molar-refractivity contribution in [1.82, 2.24) is 9.88 Å². The third kappa shape index (κ3) is 4.34. The molecule has 1 amide bonds. The summed E-state index contributed by atoms with van der Waals surface area (Å²) in [6, 6.07) is 32.0. The number of nitrogens with one attached hydrogen (secondary N) is 1. The van der Waals surface area contributed by atoms with Crippen LogP contribution in [-0.2, 0) is 17.9 Å². The topological polar surface area (TPSA) is 60.3 Å². The zero-order valence-corrected chi connectivity index (χ0v) is 17.9. The second kappa shape index (κ2) is 9.01. The lowest BCUT2D eigenvalue weighted by atomic mass is 10.1. The maximum atomic E-state index is 12.9. The van der Waals surface area contributed by atoms with E-state index in [1.807, 2.05) is 95.6 Å². The number of hydrogen-bond acceptors (Lipinski definition) is 3. The number of aromatic nitrogens is 1. The van der Waals surface area contributed by atoms with Gasteiger partial charge in [0.15, 0.2) is 5.43 Å². The number of amides is 1. The van der Waals surface area contributed by atoms with E-state index in [1.54, 1.807) is 12.1 Å². The van der Waals surface area contributed by atoms with Crippen molar-refractivity contribution in [2.45, 2.75) is 13.1 Å². The Morgan fingerprint density at radius 2 is 1.24 bits per heavy atom. The second-order valence-electron chi connectivity index (χ2n) is 7.79. The monoisotopic (exact) mass is 434 g/mol. The highest BCUT2D eigenvalue weighted by Gasteiger charge is 2.12. The Morgan fingerprint density at radius 1 is 0.697 bits per heavy atom. The van der Waals surface area contributed by atoms with Crippen LogP contribution in [0.2, 0.25) is 0 Å². The first kappa shape index (κ1) is 20.5. The number of fused-ring (bicyclic) bond motifs is 2. The maximum absolute atomic E-state index is 12.9. The molecule has 5 heteroatoms. The minimum atomic E-state index is -0.126. The zero-order valence-electron chi connectivity index (χ0n) is 17.9. The average Bonchev–Trinajstić information content (AvgIpc) is 2.87. The molecule has 1 heterocycles. The highest BCUT2D eigenvalue weighted by atomic mass is 16.5. The van der Waals surface area contributed by atoms with Crippen molar-refractivity contribution in [2.75, 3.05) is 0 Å². The van der Waals surface area contributed by atoms with Crippen LogP contribution in [-0.4, -0.2) is 10.5 Å². The van der Waals surface area contributed by atoms with Crippen LogP contribution in [0.1, 0.15) is 5.56 Å². The van der Waals surface area contributed by atoms with Gasteiger partial charge in [-0.2, -0.15) is 0 Å². The molecule has 0 aliphatic heterocycles. The molecule has 0 saturated carbocycles. The fourth-order valence-corrected chi connectivity index (χ4v) is 3.95. The van der Waals surface area contributed by atoms with E-state index in [-0.39, 0.29) is 17.9 Å². The molecule has 0 fully saturated rings. The van der Waals surface area contributed by atoms with Gasteiger partial charge in [-0.05, 0) is 54.1 Å². The van der Waals surface area contributed by atoms with Gasteiger partial charge in [-0.15, -0.1) is 0 Å². The van der Waals surface area contributed by atoms with Gasteiger partial charge in [-0.1, -0.05) is 54.6 Å². The molecule has 0 bridgehead atoms. The predicted molar refractivity (Wildman–Crippen MR) is 131 cm³/mol. The Balaban J connectivity index is 1.31. The van der Waals surface area contributed by atoms with Crippen LogP contribution < -0.4 is 15.5 Å². The smallest absolute Gasteiger partial charge is 0.240 e. The molecule has 5 rings (SSSR count). The molecule has 33 heavy (non-hydrogen) atoms. The van der Waals surface area contributed by atoms with Crippen molar-refractivity contribution in [3.05, 3.63) is 119 Å². The molecule has 0 unspecified atom stereocenters. The Labute approximate surface area is 190 Å². The number of ether oxygens (including phenoxy) is 1. The van der Waals surface area contributed by atoms with Gasteiger partial charge in [0.2, 0.25) is 5.91 Å². The molecule has 0 aliphatic rings. The Morgan fingerprint density at radius 3 is 1.88 bits per heavy atom. The lowest BCUT2D eigenvalue weighted by Gasteiger charge is -2.15. The number of hydrogen-bond donors (Lipinski definition) is 1. The summed E-state index contributed by atoms with van der Waals surface area (Å²) in [6.07, 6.45) is 0. The zero-order chi connectivity index (χ0) is 22.6. The molecular weight excluding hydrogens is 412 g/mol. The van der Waals surface area contributed by atoms with Gasteiger partial charge in [0.1, 0.15) is 18.0 Å². The van der Waals surface area contributed by atoms with Crippen molar-refractivity contribution in [3.63, 3.8) is 0 Å². The van der Waals surface area contributed by atoms with E-state index in [2.05, 4.69) is 5.32 Å². The minimum Gasteiger partial charge on any atom is -0.457 e. The molecule has 5 nitrogen and oxygen atoms in total. The Hall–Kier alpha value is -4.38. The van der Waals surface area contributed by atoms with Crippen LogP contribution in [0.4, 0.5) is 0 Å². The molecule has 1 N–H and O–H groups in total. The van der Waals surface area contributed by atoms with Gasteiger partial charge in [-0.3, -0.25) is 9.59 Å². The second-order valence-corrected chi connectivity index (χ2v) is 7.79. The van der Waals surface area contributed by atoms with Crippen LogP contribution in [0.3, 0.4) is 0 Å². The molecule has 162 valence electrons. The summed E-state index contributed by atoms with van der Waals surface area (Å²) in [4.78, 5) is 25.7. The van der Waals surface area contributed by atoms with Crippen molar-refractivity contribution < 1.29 is 9.53 Å². The van der Waals surface area contributed by atoms with E-state index in [0.717, 1.165) is 28.1 Å². The number of nitrogens with zero attached hydrogens (tertiary/aromatic N) is 1.